The highest BCUT2D eigenvalue weighted by atomic mass is 19.1. The fraction of sp³-hybridized carbons (Fsp3) is 0.353. The summed E-state index contributed by atoms with van der Waals surface area (Å²) in [6.45, 7) is 4.16. The third-order valence-corrected chi connectivity index (χ3v) is 3.91. The van der Waals surface area contributed by atoms with Gasteiger partial charge in [0.25, 0.3) is 0 Å². The number of fused-ring (bicyclic) bond motifs is 1. The quantitative estimate of drug-likeness (QED) is 0.674. The van der Waals surface area contributed by atoms with Crippen LogP contribution < -0.4 is 5.32 Å². The summed E-state index contributed by atoms with van der Waals surface area (Å²) >= 11 is 0. The number of nitrogens with zero attached hydrogens (tertiary/aromatic N) is 3. The third kappa shape index (κ3) is 3.02. The number of halogens is 1. The van der Waals surface area contributed by atoms with E-state index in [2.05, 4.69) is 15.4 Å². The molecule has 0 bridgehead atoms. The molecule has 3 rings (SSSR count). The van der Waals surface area contributed by atoms with E-state index in [9.17, 15) is 9.18 Å². The number of hydrogen-bond donors (Lipinski definition) is 1. The number of unbranched alkanes of at least 4 members (excludes halogenated alkanes) is 1. The van der Waals surface area contributed by atoms with Crippen LogP contribution in [-0.2, 0) is 9.53 Å². The fourth-order valence-electron chi connectivity index (χ4n) is 2.73. The molecular weight excluding hydrogens is 311 g/mol. The molecule has 1 aliphatic rings. The summed E-state index contributed by atoms with van der Waals surface area (Å²) in [5, 5.41) is 7.24. The lowest BCUT2D eigenvalue weighted by molar-refractivity contribution is -0.139. The van der Waals surface area contributed by atoms with Crippen molar-refractivity contribution in [3.8, 4) is 0 Å². The predicted octanol–water partition coefficient (Wildman–Crippen LogP) is 3.05. The van der Waals surface area contributed by atoms with Gasteiger partial charge in [0.2, 0.25) is 5.95 Å². The van der Waals surface area contributed by atoms with E-state index in [0.29, 0.717) is 29.4 Å². The molecule has 0 fully saturated rings. The molecule has 24 heavy (non-hydrogen) atoms. The first-order chi connectivity index (χ1) is 11.6. The summed E-state index contributed by atoms with van der Waals surface area (Å²) in [4.78, 5) is 16.7. The second-order valence-electron chi connectivity index (χ2n) is 5.64. The first-order valence-electron chi connectivity index (χ1n) is 7.91. The molecular formula is C17H19FN4O2. The van der Waals surface area contributed by atoms with Gasteiger partial charge in [0, 0.05) is 5.70 Å². The lowest BCUT2D eigenvalue weighted by Crippen LogP contribution is -2.29. The zero-order valence-electron chi connectivity index (χ0n) is 13.6. The van der Waals surface area contributed by atoms with Crippen LogP contribution in [0.2, 0.25) is 0 Å². The molecule has 6 nitrogen and oxygen atoms in total. The zero-order valence-corrected chi connectivity index (χ0v) is 13.6. The van der Waals surface area contributed by atoms with Crippen molar-refractivity contribution >= 4 is 11.9 Å². The van der Waals surface area contributed by atoms with E-state index >= 15 is 0 Å². The molecule has 2 heterocycles. The van der Waals surface area contributed by atoms with Gasteiger partial charge in [0.05, 0.1) is 12.2 Å². The van der Waals surface area contributed by atoms with Crippen LogP contribution >= 0.6 is 0 Å². The predicted molar refractivity (Wildman–Crippen MR) is 86.8 cm³/mol. The van der Waals surface area contributed by atoms with Crippen LogP contribution in [-0.4, -0.2) is 27.3 Å². The number of allylic oxidation sites excluding steroid dienone is 1. The number of rotatable bonds is 5. The standard InChI is InChI=1S/C17H19FN4O2/c1-3-4-8-24-16(23)14-11(2)21-17-19-10-20-22(17)15(14)12-6-5-7-13(18)9-12/h5-7,9-10,15H,3-4,8H2,1-2H3,(H,19,20,21)/t15-/m0/s1. The Morgan fingerprint density at radius 2 is 2.29 bits per heavy atom. The van der Waals surface area contributed by atoms with E-state index in [1.165, 1.54) is 18.5 Å². The van der Waals surface area contributed by atoms with Gasteiger partial charge in [-0.3, -0.25) is 0 Å². The number of nitrogens with one attached hydrogen (secondary N) is 1. The van der Waals surface area contributed by atoms with Crippen LogP contribution in [0.1, 0.15) is 38.3 Å². The van der Waals surface area contributed by atoms with Crippen LogP contribution in [0, 0.1) is 5.82 Å². The molecule has 1 N–H and O–H groups in total. The SMILES string of the molecule is CCCCOC(=O)C1=C(C)Nc2ncnn2[C@H]1c1cccc(F)c1. The number of anilines is 1. The number of hydrogen-bond acceptors (Lipinski definition) is 5. The smallest absolute Gasteiger partial charge is 0.338 e. The van der Waals surface area contributed by atoms with E-state index < -0.39 is 12.0 Å². The van der Waals surface area contributed by atoms with Gasteiger partial charge in [-0.1, -0.05) is 25.5 Å². The van der Waals surface area contributed by atoms with Gasteiger partial charge in [-0.25, -0.2) is 13.9 Å². The Labute approximate surface area is 139 Å². The number of esters is 1. The Kier molecular flexibility index (Phi) is 4.59. The van der Waals surface area contributed by atoms with Gasteiger partial charge >= 0.3 is 5.97 Å². The fourth-order valence-corrected chi connectivity index (χ4v) is 2.73. The number of aromatic nitrogens is 3. The Balaban J connectivity index is 2.02. The van der Waals surface area contributed by atoms with Gasteiger partial charge in [0.1, 0.15) is 18.2 Å². The molecule has 1 atom stereocenters. The molecule has 1 aromatic heterocycles. The molecule has 126 valence electrons. The van der Waals surface area contributed by atoms with E-state index in [0.717, 1.165) is 12.8 Å². The molecule has 0 aliphatic carbocycles. The van der Waals surface area contributed by atoms with Crippen molar-refractivity contribution in [2.45, 2.75) is 32.7 Å². The minimum atomic E-state index is -0.575. The van der Waals surface area contributed by atoms with E-state index in [4.69, 9.17) is 4.74 Å². The third-order valence-electron chi connectivity index (χ3n) is 3.91. The highest BCUT2D eigenvalue weighted by Gasteiger charge is 2.34. The van der Waals surface area contributed by atoms with Gasteiger partial charge in [-0.15, -0.1) is 0 Å². The zero-order chi connectivity index (χ0) is 17.1. The van der Waals surface area contributed by atoms with E-state index in [-0.39, 0.29) is 5.82 Å². The Hall–Kier alpha value is -2.70. The van der Waals surface area contributed by atoms with Crippen LogP contribution in [0.15, 0.2) is 41.9 Å². The number of benzene rings is 1. The molecule has 0 unspecified atom stereocenters. The van der Waals surface area contributed by atoms with Crippen LogP contribution in [0.4, 0.5) is 10.3 Å². The molecule has 0 radical (unpaired) electrons. The van der Waals surface area contributed by atoms with Gasteiger partial charge in [0.15, 0.2) is 0 Å². The van der Waals surface area contributed by atoms with Crippen LogP contribution in [0.5, 0.6) is 0 Å². The monoisotopic (exact) mass is 330 g/mol. The minimum Gasteiger partial charge on any atom is -0.462 e. The first kappa shape index (κ1) is 16.2. The topological polar surface area (TPSA) is 69.0 Å². The highest BCUT2D eigenvalue weighted by molar-refractivity contribution is 5.92. The lowest BCUT2D eigenvalue weighted by Gasteiger charge is -2.28. The van der Waals surface area contributed by atoms with Gasteiger partial charge in [-0.2, -0.15) is 10.1 Å². The molecule has 0 saturated heterocycles. The number of carbonyl (C=O) groups excluding carboxylic acids is 1. The summed E-state index contributed by atoms with van der Waals surface area (Å²) in [5.74, 6) is -0.292. The summed E-state index contributed by atoms with van der Waals surface area (Å²) in [5.41, 5.74) is 1.66. The summed E-state index contributed by atoms with van der Waals surface area (Å²) in [6, 6.07) is 5.56. The van der Waals surface area contributed by atoms with Crippen LogP contribution in [0.3, 0.4) is 0 Å². The normalized spacial score (nSPS) is 16.5. The van der Waals surface area contributed by atoms with Crippen molar-refractivity contribution in [3.63, 3.8) is 0 Å². The average molecular weight is 330 g/mol. The average Bonchev–Trinajstić information content (AvgIpc) is 3.01. The van der Waals surface area contributed by atoms with Crippen molar-refractivity contribution in [1.29, 1.82) is 0 Å². The van der Waals surface area contributed by atoms with E-state index in [1.54, 1.807) is 23.7 Å². The molecule has 1 aliphatic heterocycles. The van der Waals surface area contributed by atoms with Crippen molar-refractivity contribution in [2.24, 2.45) is 0 Å². The molecule has 1 aromatic carbocycles. The summed E-state index contributed by atoms with van der Waals surface area (Å²) in [7, 11) is 0. The largest absolute Gasteiger partial charge is 0.462 e. The molecule has 0 amide bonds. The number of ether oxygens (including phenoxy) is 1. The summed E-state index contributed by atoms with van der Waals surface area (Å²) < 4.78 is 20.6. The minimum absolute atomic E-state index is 0.353. The van der Waals surface area contributed by atoms with Gasteiger partial charge < -0.3 is 10.1 Å². The lowest BCUT2D eigenvalue weighted by atomic mass is 9.96. The van der Waals surface area contributed by atoms with Crippen molar-refractivity contribution in [2.75, 3.05) is 11.9 Å². The van der Waals surface area contributed by atoms with Crippen molar-refractivity contribution < 1.29 is 13.9 Å². The number of carbonyl (C=O) groups is 1. The first-order valence-corrected chi connectivity index (χ1v) is 7.91. The van der Waals surface area contributed by atoms with Crippen molar-refractivity contribution in [1.82, 2.24) is 14.8 Å². The molecule has 7 heteroatoms. The summed E-state index contributed by atoms with van der Waals surface area (Å²) in [6.07, 6.45) is 3.13. The van der Waals surface area contributed by atoms with E-state index in [1.807, 2.05) is 6.92 Å². The Morgan fingerprint density at radius 1 is 1.46 bits per heavy atom. The maximum atomic E-state index is 13.7. The second kappa shape index (κ2) is 6.82. The molecule has 2 aromatic rings. The molecule has 0 spiro atoms. The maximum absolute atomic E-state index is 13.7. The molecule has 0 saturated carbocycles. The van der Waals surface area contributed by atoms with Gasteiger partial charge in [-0.05, 0) is 31.0 Å². The Morgan fingerprint density at radius 3 is 3.04 bits per heavy atom. The maximum Gasteiger partial charge on any atom is 0.338 e. The van der Waals surface area contributed by atoms with Crippen LogP contribution in [0.25, 0.3) is 0 Å². The van der Waals surface area contributed by atoms with Crippen molar-refractivity contribution in [3.05, 3.63) is 53.2 Å². The highest BCUT2D eigenvalue weighted by Crippen LogP contribution is 2.35. The Bertz CT molecular complexity index is 784. The second-order valence-corrected chi connectivity index (χ2v) is 5.64.